The molecule has 2 aliphatic carbocycles. The van der Waals surface area contributed by atoms with Crippen molar-refractivity contribution < 1.29 is 4.79 Å². The first-order valence-electron chi connectivity index (χ1n) is 8.43. The van der Waals surface area contributed by atoms with Crippen LogP contribution in [-0.4, -0.2) is 28.9 Å². The van der Waals surface area contributed by atoms with Crippen molar-refractivity contribution in [2.75, 3.05) is 11.4 Å². The van der Waals surface area contributed by atoms with Gasteiger partial charge in [-0.25, -0.2) is 9.69 Å². The fraction of sp³-hybridized carbons (Fsp3) is 0.556. The van der Waals surface area contributed by atoms with Crippen LogP contribution < -0.4 is 4.90 Å². The SMILES string of the molecule is N=C1N(c2ccccc2)C(=O)N2CC3CC4CC(C3)CC12C4. The monoisotopic (exact) mass is 295 g/mol. The van der Waals surface area contributed by atoms with Gasteiger partial charge in [-0.2, -0.15) is 0 Å². The van der Waals surface area contributed by atoms with Crippen LogP contribution in [0.4, 0.5) is 10.5 Å². The lowest BCUT2D eigenvalue weighted by molar-refractivity contribution is 0.110. The predicted molar refractivity (Wildman–Crippen MR) is 85.0 cm³/mol. The number of carbonyl (C=O) groups excluding carboxylic acids is 1. The molecule has 3 heterocycles. The highest BCUT2D eigenvalue weighted by Gasteiger charge is 2.61. The summed E-state index contributed by atoms with van der Waals surface area (Å²) in [4.78, 5) is 16.8. The third-order valence-electron chi connectivity index (χ3n) is 6.31. The number of para-hydroxylation sites is 1. The van der Waals surface area contributed by atoms with E-state index in [0.717, 1.165) is 25.1 Å². The number of urea groups is 1. The largest absolute Gasteiger partial charge is 0.330 e. The molecule has 1 aromatic rings. The third-order valence-corrected chi connectivity index (χ3v) is 6.31. The fourth-order valence-electron chi connectivity index (χ4n) is 5.70. The lowest BCUT2D eigenvalue weighted by atomic mass is 9.63. The van der Waals surface area contributed by atoms with Crippen molar-refractivity contribution in [1.82, 2.24) is 4.90 Å². The van der Waals surface area contributed by atoms with E-state index in [0.29, 0.717) is 23.6 Å². The van der Waals surface area contributed by atoms with Gasteiger partial charge in [-0.3, -0.25) is 5.41 Å². The maximum Gasteiger partial charge on any atom is 0.330 e. The molecule has 0 aromatic heterocycles. The van der Waals surface area contributed by atoms with Crippen molar-refractivity contribution in [3.8, 4) is 0 Å². The standard InChI is InChI=1S/C18H21N3O/c19-16-18-9-12-6-13(10-18)8-14(7-12)11-20(18)17(22)21(16)15-4-2-1-3-5-15/h1-5,12-14,19H,6-11H2. The number of nitrogens with zero attached hydrogens (tertiary/aromatic N) is 2. The third kappa shape index (κ3) is 1.48. The van der Waals surface area contributed by atoms with Gasteiger partial charge < -0.3 is 4.90 Å². The van der Waals surface area contributed by atoms with E-state index in [-0.39, 0.29) is 11.6 Å². The van der Waals surface area contributed by atoms with Gasteiger partial charge in [-0.05, 0) is 62.0 Å². The molecule has 0 radical (unpaired) electrons. The number of nitrogens with one attached hydrogen (secondary N) is 1. The van der Waals surface area contributed by atoms with Crippen molar-refractivity contribution in [3.63, 3.8) is 0 Å². The normalized spacial score (nSPS) is 39.4. The molecule has 2 unspecified atom stereocenters. The molecule has 3 aliphatic heterocycles. The van der Waals surface area contributed by atoms with E-state index in [4.69, 9.17) is 5.41 Å². The lowest BCUT2D eigenvalue weighted by Gasteiger charge is -2.44. The second-order valence-electron chi connectivity index (χ2n) is 7.66. The van der Waals surface area contributed by atoms with Gasteiger partial charge in [0.15, 0.2) is 0 Å². The maximum atomic E-state index is 13.1. The molecular formula is C18H21N3O. The molecule has 4 nitrogen and oxygen atoms in total. The summed E-state index contributed by atoms with van der Waals surface area (Å²) in [6.07, 6.45) is 5.86. The molecule has 3 saturated heterocycles. The number of carbonyl (C=O) groups is 1. The van der Waals surface area contributed by atoms with E-state index >= 15 is 0 Å². The smallest absolute Gasteiger partial charge is 0.311 e. The first-order valence-corrected chi connectivity index (χ1v) is 8.43. The van der Waals surface area contributed by atoms with Gasteiger partial charge in [0.2, 0.25) is 0 Å². The molecule has 1 aromatic carbocycles. The number of anilines is 1. The summed E-state index contributed by atoms with van der Waals surface area (Å²) in [6.45, 7) is 0.859. The number of hydrogen-bond acceptors (Lipinski definition) is 2. The average Bonchev–Trinajstić information content (AvgIpc) is 2.62. The van der Waals surface area contributed by atoms with Crippen LogP contribution >= 0.6 is 0 Å². The highest BCUT2D eigenvalue weighted by molar-refractivity contribution is 6.24. The fourth-order valence-corrected chi connectivity index (χ4v) is 5.70. The maximum absolute atomic E-state index is 13.1. The van der Waals surface area contributed by atoms with Crippen LogP contribution in [0, 0.1) is 23.2 Å². The number of rotatable bonds is 1. The summed E-state index contributed by atoms with van der Waals surface area (Å²) in [5, 5.41) is 8.84. The summed E-state index contributed by atoms with van der Waals surface area (Å²) in [6, 6.07) is 9.75. The molecule has 4 heteroatoms. The van der Waals surface area contributed by atoms with E-state index in [1.165, 1.54) is 19.3 Å². The second-order valence-corrected chi connectivity index (χ2v) is 7.66. The van der Waals surface area contributed by atoms with Gasteiger partial charge in [0.25, 0.3) is 0 Å². The predicted octanol–water partition coefficient (Wildman–Crippen LogP) is 3.48. The number of hydrogen-bond donors (Lipinski definition) is 1. The Hall–Kier alpha value is -1.84. The molecule has 22 heavy (non-hydrogen) atoms. The van der Waals surface area contributed by atoms with Gasteiger partial charge in [-0.1, -0.05) is 18.2 Å². The Morgan fingerprint density at radius 3 is 2.32 bits per heavy atom. The zero-order valence-corrected chi connectivity index (χ0v) is 12.7. The zero-order chi connectivity index (χ0) is 14.9. The van der Waals surface area contributed by atoms with Crippen LogP contribution in [0.15, 0.2) is 30.3 Å². The van der Waals surface area contributed by atoms with Crippen molar-refractivity contribution >= 4 is 17.6 Å². The van der Waals surface area contributed by atoms with Crippen LogP contribution in [0.25, 0.3) is 0 Å². The molecule has 2 atom stereocenters. The lowest BCUT2D eigenvalue weighted by Crippen LogP contribution is -2.52. The molecule has 5 fully saturated rings. The van der Waals surface area contributed by atoms with Gasteiger partial charge in [0, 0.05) is 6.54 Å². The summed E-state index contributed by atoms with van der Waals surface area (Å²) in [5.41, 5.74) is 0.530. The van der Waals surface area contributed by atoms with Crippen LogP contribution in [0.2, 0.25) is 0 Å². The summed E-state index contributed by atoms with van der Waals surface area (Å²) in [5.74, 6) is 2.61. The topological polar surface area (TPSA) is 47.4 Å². The van der Waals surface area contributed by atoms with Crippen LogP contribution in [-0.2, 0) is 0 Å². The minimum Gasteiger partial charge on any atom is -0.311 e. The Morgan fingerprint density at radius 1 is 1.00 bits per heavy atom. The van der Waals surface area contributed by atoms with Crippen molar-refractivity contribution in [1.29, 1.82) is 5.41 Å². The summed E-state index contributed by atoms with van der Waals surface area (Å²) in [7, 11) is 0. The van der Waals surface area contributed by atoms with Crippen molar-refractivity contribution in [2.24, 2.45) is 17.8 Å². The number of amides is 2. The molecule has 2 amide bonds. The Bertz CT molecular complexity index is 642. The van der Waals surface area contributed by atoms with Crippen LogP contribution in [0.5, 0.6) is 0 Å². The quantitative estimate of drug-likeness (QED) is 0.847. The second kappa shape index (κ2) is 4.12. The molecule has 5 aliphatic rings. The highest BCUT2D eigenvalue weighted by Crippen LogP contribution is 2.55. The Kier molecular flexibility index (Phi) is 2.37. The van der Waals surface area contributed by atoms with E-state index in [9.17, 15) is 4.79 Å². The minimum absolute atomic E-state index is 0.0319. The molecular weight excluding hydrogens is 274 g/mol. The first-order chi connectivity index (χ1) is 10.7. The Balaban J connectivity index is 1.62. The first kappa shape index (κ1) is 12.7. The van der Waals surface area contributed by atoms with Crippen LogP contribution in [0.1, 0.15) is 32.1 Å². The summed E-state index contributed by atoms with van der Waals surface area (Å²) >= 11 is 0. The van der Waals surface area contributed by atoms with Gasteiger partial charge in [0.05, 0.1) is 5.69 Å². The van der Waals surface area contributed by atoms with Gasteiger partial charge >= 0.3 is 6.03 Å². The van der Waals surface area contributed by atoms with E-state index in [1.807, 2.05) is 30.3 Å². The molecule has 2 saturated carbocycles. The van der Waals surface area contributed by atoms with E-state index in [1.54, 1.807) is 4.90 Å². The molecule has 1 spiro atoms. The van der Waals surface area contributed by atoms with Crippen molar-refractivity contribution in [3.05, 3.63) is 30.3 Å². The molecule has 1 N–H and O–H groups in total. The average molecular weight is 295 g/mol. The molecule has 4 bridgehead atoms. The van der Waals surface area contributed by atoms with E-state index in [2.05, 4.69) is 4.90 Å². The Morgan fingerprint density at radius 2 is 1.64 bits per heavy atom. The van der Waals surface area contributed by atoms with Crippen molar-refractivity contribution in [2.45, 2.75) is 37.6 Å². The highest BCUT2D eigenvalue weighted by atomic mass is 16.2. The van der Waals surface area contributed by atoms with Gasteiger partial charge in [-0.15, -0.1) is 0 Å². The van der Waals surface area contributed by atoms with Gasteiger partial charge in [0.1, 0.15) is 11.4 Å². The Labute approximate surface area is 130 Å². The number of benzene rings is 1. The molecule has 6 rings (SSSR count). The van der Waals surface area contributed by atoms with Crippen LogP contribution in [0.3, 0.4) is 0 Å². The molecule has 114 valence electrons. The zero-order valence-electron chi connectivity index (χ0n) is 12.7. The minimum atomic E-state index is -0.314. The van der Waals surface area contributed by atoms with E-state index < -0.39 is 0 Å². The number of amidine groups is 1. The summed E-state index contributed by atoms with van der Waals surface area (Å²) < 4.78 is 0.